The SMILES string of the molecule is CC(CN)(CC(=O)O)c1csc(Cl)c1. The summed E-state index contributed by atoms with van der Waals surface area (Å²) in [6.45, 7) is 2.13. The number of carbonyl (C=O) groups is 1. The molecule has 0 saturated carbocycles. The van der Waals surface area contributed by atoms with Crippen molar-refractivity contribution in [2.24, 2.45) is 5.73 Å². The highest BCUT2D eigenvalue weighted by Gasteiger charge is 2.29. The predicted octanol–water partition coefficient (Wildman–Crippen LogP) is 2.09. The molecular weight excluding hydrogens is 222 g/mol. The second-order valence-electron chi connectivity index (χ2n) is 3.47. The fourth-order valence-corrected chi connectivity index (χ4v) is 2.29. The molecule has 0 saturated heterocycles. The number of rotatable bonds is 4. The summed E-state index contributed by atoms with van der Waals surface area (Å²) in [6.07, 6.45) is 0.0244. The monoisotopic (exact) mass is 233 g/mol. The van der Waals surface area contributed by atoms with Crippen LogP contribution in [0.5, 0.6) is 0 Å². The summed E-state index contributed by atoms with van der Waals surface area (Å²) in [5.74, 6) is -0.847. The van der Waals surface area contributed by atoms with Gasteiger partial charge < -0.3 is 10.8 Å². The van der Waals surface area contributed by atoms with Crippen molar-refractivity contribution >= 4 is 28.9 Å². The van der Waals surface area contributed by atoms with Gasteiger partial charge in [0.25, 0.3) is 0 Å². The fraction of sp³-hybridized carbons (Fsp3) is 0.444. The zero-order valence-corrected chi connectivity index (χ0v) is 9.36. The van der Waals surface area contributed by atoms with E-state index in [2.05, 4.69) is 0 Å². The number of aliphatic carboxylic acids is 1. The lowest BCUT2D eigenvalue weighted by Gasteiger charge is -2.24. The Hall–Kier alpha value is -0.580. The van der Waals surface area contributed by atoms with Gasteiger partial charge in [-0.3, -0.25) is 4.79 Å². The number of carboxylic acids is 1. The first-order chi connectivity index (χ1) is 6.48. The molecule has 5 heteroatoms. The van der Waals surface area contributed by atoms with Crippen molar-refractivity contribution in [3.63, 3.8) is 0 Å². The molecule has 1 heterocycles. The van der Waals surface area contributed by atoms with E-state index in [1.807, 2.05) is 12.3 Å². The molecule has 0 spiro atoms. The van der Waals surface area contributed by atoms with Gasteiger partial charge in [0.15, 0.2) is 0 Å². The van der Waals surface area contributed by atoms with Gasteiger partial charge in [-0.15, -0.1) is 11.3 Å². The van der Waals surface area contributed by atoms with Crippen LogP contribution in [0.2, 0.25) is 4.34 Å². The largest absolute Gasteiger partial charge is 0.481 e. The van der Waals surface area contributed by atoms with Gasteiger partial charge in [-0.25, -0.2) is 0 Å². The Balaban J connectivity index is 2.94. The van der Waals surface area contributed by atoms with E-state index in [9.17, 15) is 4.79 Å². The molecule has 0 aliphatic heterocycles. The molecule has 3 N–H and O–H groups in total. The van der Waals surface area contributed by atoms with Crippen LogP contribution in [0.15, 0.2) is 11.4 Å². The normalized spacial score (nSPS) is 15.1. The van der Waals surface area contributed by atoms with E-state index in [-0.39, 0.29) is 6.42 Å². The van der Waals surface area contributed by atoms with Crippen LogP contribution in [-0.2, 0) is 10.2 Å². The minimum Gasteiger partial charge on any atom is -0.481 e. The molecule has 1 unspecified atom stereocenters. The molecule has 0 radical (unpaired) electrons. The highest BCUT2D eigenvalue weighted by molar-refractivity contribution is 7.14. The lowest BCUT2D eigenvalue weighted by Crippen LogP contribution is -2.33. The lowest BCUT2D eigenvalue weighted by molar-refractivity contribution is -0.138. The maximum atomic E-state index is 10.7. The molecule has 0 bridgehead atoms. The van der Waals surface area contributed by atoms with E-state index in [1.165, 1.54) is 11.3 Å². The molecule has 14 heavy (non-hydrogen) atoms. The molecule has 1 aromatic rings. The number of carboxylic acid groups (broad SMARTS) is 1. The third-order valence-electron chi connectivity index (χ3n) is 2.26. The number of nitrogens with two attached hydrogens (primary N) is 1. The van der Waals surface area contributed by atoms with Crippen LogP contribution in [-0.4, -0.2) is 17.6 Å². The van der Waals surface area contributed by atoms with Gasteiger partial charge in [-0.1, -0.05) is 18.5 Å². The molecular formula is C9H12ClNO2S. The molecule has 0 fully saturated rings. The maximum absolute atomic E-state index is 10.7. The Bertz CT molecular complexity index is 339. The first kappa shape index (κ1) is 11.5. The van der Waals surface area contributed by atoms with Crippen molar-refractivity contribution in [1.82, 2.24) is 0 Å². The number of halogens is 1. The average molecular weight is 234 g/mol. The van der Waals surface area contributed by atoms with Crippen molar-refractivity contribution in [3.8, 4) is 0 Å². The Morgan fingerprint density at radius 2 is 2.43 bits per heavy atom. The summed E-state index contributed by atoms with van der Waals surface area (Å²) in [7, 11) is 0. The van der Waals surface area contributed by atoms with E-state index in [4.69, 9.17) is 22.4 Å². The van der Waals surface area contributed by atoms with Crippen molar-refractivity contribution in [2.75, 3.05) is 6.54 Å². The predicted molar refractivity (Wildman–Crippen MR) is 58.0 cm³/mol. The number of hydrogen-bond donors (Lipinski definition) is 2. The summed E-state index contributed by atoms with van der Waals surface area (Å²) in [6, 6.07) is 1.78. The van der Waals surface area contributed by atoms with Crippen molar-refractivity contribution < 1.29 is 9.90 Å². The second kappa shape index (κ2) is 4.29. The molecule has 0 amide bonds. The van der Waals surface area contributed by atoms with Crippen LogP contribution >= 0.6 is 22.9 Å². The highest BCUT2D eigenvalue weighted by atomic mass is 35.5. The van der Waals surface area contributed by atoms with Gasteiger partial charge in [0.1, 0.15) is 0 Å². The van der Waals surface area contributed by atoms with E-state index >= 15 is 0 Å². The second-order valence-corrected chi connectivity index (χ2v) is 5.02. The fourth-order valence-electron chi connectivity index (χ4n) is 1.25. The van der Waals surface area contributed by atoms with Crippen molar-refractivity contribution in [1.29, 1.82) is 0 Å². The third-order valence-corrected chi connectivity index (χ3v) is 3.35. The Morgan fingerprint density at radius 1 is 1.79 bits per heavy atom. The molecule has 3 nitrogen and oxygen atoms in total. The van der Waals surface area contributed by atoms with E-state index < -0.39 is 11.4 Å². The zero-order chi connectivity index (χ0) is 10.8. The Kier molecular flexibility index (Phi) is 3.53. The summed E-state index contributed by atoms with van der Waals surface area (Å²) in [5.41, 5.74) is 5.98. The zero-order valence-electron chi connectivity index (χ0n) is 7.79. The van der Waals surface area contributed by atoms with Gasteiger partial charge in [-0.2, -0.15) is 0 Å². The van der Waals surface area contributed by atoms with Crippen LogP contribution in [0.4, 0.5) is 0 Å². The smallest absolute Gasteiger partial charge is 0.304 e. The van der Waals surface area contributed by atoms with Crippen LogP contribution < -0.4 is 5.73 Å². The number of thiophene rings is 1. The molecule has 0 aliphatic rings. The first-order valence-corrected chi connectivity index (χ1v) is 5.40. The molecule has 1 aromatic heterocycles. The van der Waals surface area contributed by atoms with Gasteiger partial charge in [0.05, 0.1) is 10.8 Å². The van der Waals surface area contributed by atoms with Crippen LogP contribution in [0.1, 0.15) is 18.9 Å². The van der Waals surface area contributed by atoms with Crippen molar-refractivity contribution in [2.45, 2.75) is 18.8 Å². The quantitative estimate of drug-likeness (QED) is 0.837. The molecule has 78 valence electrons. The minimum atomic E-state index is -0.847. The molecule has 1 atom stereocenters. The van der Waals surface area contributed by atoms with Gasteiger partial charge >= 0.3 is 5.97 Å². The molecule has 0 aliphatic carbocycles. The van der Waals surface area contributed by atoms with Gasteiger partial charge in [-0.05, 0) is 17.0 Å². The summed E-state index contributed by atoms with van der Waals surface area (Å²) in [5, 5.41) is 10.6. The van der Waals surface area contributed by atoms with E-state index in [0.29, 0.717) is 10.9 Å². The van der Waals surface area contributed by atoms with Crippen LogP contribution in [0.25, 0.3) is 0 Å². The maximum Gasteiger partial charge on any atom is 0.304 e. The molecule has 1 rings (SSSR count). The highest BCUT2D eigenvalue weighted by Crippen LogP contribution is 2.32. The topological polar surface area (TPSA) is 63.3 Å². The Morgan fingerprint density at radius 3 is 2.79 bits per heavy atom. The summed E-state index contributed by atoms with van der Waals surface area (Å²) < 4.78 is 0.657. The van der Waals surface area contributed by atoms with Gasteiger partial charge in [0, 0.05) is 12.0 Å². The number of hydrogen-bond acceptors (Lipinski definition) is 3. The van der Waals surface area contributed by atoms with Crippen LogP contribution in [0.3, 0.4) is 0 Å². The minimum absolute atomic E-state index is 0.0244. The van der Waals surface area contributed by atoms with Gasteiger partial charge in [0.2, 0.25) is 0 Å². The average Bonchev–Trinajstić information content (AvgIpc) is 2.51. The summed E-state index contributed by atoms with van der Waals surface area (Å²) in [4.78, 5) is 10.7. The standard InChI is InChI=1S/C9H12ClNO2S/c1-9(5-11,3-8(12)13)6-2-7(10)14-4-6/h2,4H,3,5,11H2,1H3,(H,12,13). The van der Waals surface area contributed by atoms with Crippen LogP contribution in [0, 0.1) is 0 Å². The Labute approximate surface area is 91.5 Å². The van der Waals surface area contributed by atoms with E-state index in [0.717, 1.165) is 5.56 Å². The first-order valence-electron chi connectivity index (χ1n) is 4.14. The summed E-state index contributed by atoms with van der Waals surface area (Å²) >= 11 is 7.18. The third kappa shape index (κ3) is 2.47. The lowest BCUT2D eigenvalue weighted by atomic mass is 9.81. The van der Waals surface area contributed by atoms with Crippen molar-refractivity contribution in [3.05, 3.63) is 21.3 Å². The molecule has 0 aromatic carbocycles. The van der Waals surface area contributed by atoms with E-state index in [1.54, 1.807) is 6.07 Å².